The van der Waals surface area contributed by atoms with Gasteiger partial charge in [0.1, 0.15) is 18.3 Å². The summed E-state index contributed by atoms with van der Waals surface area (Å²) >= 11 is 6.07. The van der Waals surface area contributed by atoms with Gasteiger partial charge in [0, 0.05) is 24.0 Å². The zero-order valence-electron chi connectivity index (χ0n) is 22.5. The number of carbonyl (C=O) groups is 2. The molecule has 8 nitrogen and oxygen atoms in total. The van der Waals surface area contributed by atoms with Crippen molar-refractivity contribution < 1.29 is 22.7 Å². The summed E-state index contributed by atoms with van der Waals surface area (Å²) in [6.07, 6.45) is 1.29. The summed E-state index contributed by atoms with van der Waals surface area (Å²) in [4.78, 5) is 28.9. The zero-order chi connectivity index (χ0) is 28.6. The second-order valence-corrected chi connectivity index (χ2v) is 11.8. The number of rotatable bonds is 12. The maximum Gasteiger partial charge on any atom is 0.244 e. The number of sulfonamides is 1. The average Bonchev–Trinajstić information content (AvgIpc) is 2.90. The van der Waals surface area contributed by atoms with Gasteiger partial charge in [-0.05, 0) is 61.4 Å². The molecule has 0 saturated heterocycles. The molecule has 0 fully saturated rings. The fourth-order valence-electron chi connectivity index (χ4n) is 4.08. The molecule has 0 aliphatic rings. The Morgan fingerprint density at radius 1 is 0.923 bits per heavy atom. The summed E-state index contributed by atoms with van der Waals surface area (Å²) in [5.41, 5.74) is 1.92. The van der Waals surface area contributed by atoms with Crippen molar-refractivity contribution in [3.63, 3.8) is 0 Å². The Kier molecular flexibility index (Phi) is 10.4. The van der Waals surface area contributed by atoms with Crippen LogP contribution in [0.5, 0.6) is 5.75 Å². The molecule has 0 heterocycles. The lowest BCUT2D eigenvalue weighted by molar-refractivity contribution is -0.140. The zero-order valence-corrected chi connectivity index (χ0v) is 24.1. The van der Waals surface area contributed by atoms with Crippen molar-refractivity contribution in [2.75, 3.05) is 24.2 Å². The van der Waals surface area contributed by atoms with E-state index in [9.17, 15) is 18.0 Å². The van der Waals surface area contributed by atoms with E-state index < -0.39 is 28.5 Å². The number of ether oxygens (including phenoxy) is 1. The van der Waals surface area contributed by atoms with Gasteiger partial charge in [0.2, 0.25) is 21.8 Å². The van der Waals surface area contributed by atoms with Crippen LogP contribution in [0.15, 0.2) is 78.9 Å². The molecule has 1 N–H and O–H groups in total. The highest BCUT2D eigenvalue weighted by Crippen LogP contribution is 2.23. The Morgan fingerprint density at radius 2 is 1.54 bits per heavy atom. The fraction of sp³-hybridized carbons (Fsp3) is 0.310. The normalized spacial score (nSPS) is 12.1. The quantitative estimate of drug-likeness (QED) is 0.350. The highest BCUT2D eigenvalue weighted by atomic mass is 35.5. The number of amides is 2. The van der Waals surface area contributed by atoms with E-state index in [0.29, 0.717) is 16.5 Å². The van der Waals surface area contributed by atoms with Gasteiger partial charge in [-0.3, -0.25) is 13.9 Å². The van der Waals surface area contributed by atoms with Crippen molar-refractivity contribution in [2.45, 2.75) is 38.9 Å². The van der Waals surface area contributed by atoms with Gasteiger partial charge in [-0.25, -0.2) is 8.42 Å². The van der Waals surface area contributed by atoms with Crippen molar-refractivity contribution in [3.8, 4) is 5.75 Å². The third-order valence-electron chi connectivity index (χ3n) is 6.01. The van der Waals surface area contributed by atoms with Crippen LogP contribution >= 0.6 is 11.6 Å². The van der Waals surface area contributed by atoms with Crippen LogP contribution in [0.1, 0.15) is 25.0 Å². The maximum absolute atomic E-state index is 14.0. The van der Waals surface area contributed by atoms with Crippen LogP contribution in [0.2, 0.25) is 5.02 Å². The number of carbonyl (C=O) groups excluding carboxylic acids is 2. The van der Waals surface area contributed by atoms with Crippen LogP contribution in [0.3, 0.4) is 0 Å². The molecular weight excluding hydrogens is 538 g/mol. The first-order valence-electron chi connectivity index (χ1n) is 12.5. The Balaban J connectivity index is 2.03. The van der Waals surface area contributed by atoms with Crippen LogP contribution in [-0.2, 0) is 32.6 Å². The van der Waals surface area contributed by atoms with Gasteiger partial charge in [0.05, 0.1) is 19.1 Å². The first-order chi connectivity index (χ1) is 18.5. The van der Waals surface area contributed by atoms with Gasteiger partial charge in [0.25, 0.3) is 0 Å². The van der Waals surface area contributed by atoms with E-state index in [1.165, 1.54) is 12.0 Å². The Hall–Kier alpha value is -3.56. The van der Waals surface area contributed by atoms with Crippen molar-refractivity contribution in [3.05, 3.63) is 95.0 Å². The van der Waals surface area contributed by atoms with Gasteiger partial charge >= 0.3 is 0 Å². The molecule has 0 saturated carbocycles. The predicted octanol–water partition coefficient (Wildman–Crippen LogP) is 4.28. The Bertz CT molecular complexity index is 1350. The van der Waals surface area contributed by atoms with Gasteiger partial charge in [0.15, 0.2) is 0 Å². The molecular formula is C29H34ClN3O5S. The first kappa shape index (κ1) is 30.0. The Morgan fingerprint density at radius 3 is 2.08 bits per heavy atom. The minimum atomic E-state index is -3.84. The van der Waals surface area contributed by atoms with E-state index in [1.807, 2.05) is 44.2 Å². The van der Waals surface area contributed by atoms with Crippen LogP contribution < -0.4 is 14.4 Å². The summed E-state index contributed by atoms with van der Waals surface area (Å²) in [7, 11) is -2.33. The van der Waals surface area contributed by atoms with Crippen molar-refractivity contribution >= 4 is 39.1 Å². The van der Waals surface area contributed by atoms with E-state index in [0.717, 1.165) is 21.7 Å². The molecule has 3 rings (SSSR count). The van der Waals surface area contributed by atoms with E-state index in [2.05, 4.69) is 5.32 Å². The van der Waals surface area contributed by atoms with Crippen LogP contribution in [0.25, 0.3) is 0 Å². The third-order valence-corrected chi connectivity index (χ3v) is 7.40. The number of anilines is 1. The number of halogens is 1. The maximum atomic E-state index is 14.0. The van der Waals surface area contributed by atoms with Gasteiger partial charge in [-0.2, -0.15) is 0 Å². The smallest absolute Gasteiger partial charge is 0.244 e. The number of methoxy groups -OCH3 is 1. The fourth-order valence-corrected chi connectivity index (χ4v) is 5.06. The first-order valence-corrected chi connectivity index (χ1v) is 14.7. The topological polar surface area (TPSA) is 96.0 Å². The molecule has 2 amide bonds. The predicted molar refractivity (Wildman–Crippen MR) is 154 cm³/mol. The van der Waals surface area contributed by atoms with E-state index in [4.69, 9.17) is 16.3 Å². The lowest BCUT2D eigenvalue weighted by Gasteiger charge is -2.34. The molecule has 0 aliphatic carbocycles. The summed E-state index contributed by atoms with van der Waals surface area (Å²) in [6, 6.07) is 21.7. The molecule has 3 aromatic carbocycles. The summed E-state index contributed by atoms with van der Waals surface area (Å²) < 4.78 is 31.8. The molecule has 3 aromatic rings. The molecule has 0 spiro atoms. The van der Waals surface area contributed by atoms with E-state index in [1.54, 1.807) is 48.5 Å². The van der Waals surface area contributed by atoms with E-state index in [-0.39, 0.29) is 24.9 Å². The lowest BCUT2D eigenvalue weighted by atomic mass is 10.0. The average molecular weight is 572 g/mol. The number of hydrogen-bond donors (Lipinski definition) is 1. The molecule has 0 bridgehead atoms. The summed E-state index contributed by atoms with van der Waals surface area (Å²) in [5, 5.41) is 3.46. The number of benzene rings is 3. The molecule has 10 heteroatoms. The highest BCUT2D eigenvalue weighted by molar-refractivity contribution is 7.92. The number of nitrogens with zero attached hydrogens (tertiary/aromatic N) is 2. The second-order valence-electron chi connectivity index (χ2n) is 9.48. The summed E-state index contributed by atoms with van der Waals surface area (Å²) in [6.45, 7) is 3.29. The second kappa shape index (κ2) is 13.5. The van der Waals surface area contributed by atoms with Crippen LogP contribution in [0.4, 0.5) is 5.69 Å². The molecule has 0 aliphatic heterocycles. The lowest BCUT2D eigenvalue weighted by Crippen LogP contribution is -2.54. The van der Waals surface area contributed by atoms with Gasteiger partial charge < -0.3 is 15.0 Å². The SMILES string of the molecule is COc1ccc(N(CC(=O)N(Cc2ccc(Cl)cc2)C(Cc2ccccc2)C(=O)NC(C)C)S(C)(=O)=O)cc1. The largest absolute Gasteiger partial charge is 0.497 e. The van der Waals surface area contributed by atoms with Gasteiger partial charge in [-0.1, -0.05) is 54.1 Å². The molecule has 208 valence electrons. The standard InChI is InChI=1S/C29H34ClN3O5S/c1-21(2)31-29(35)27(18-22-8-6-5-7-9-22)32(19-23-10-12-24(30)13-11-23)28(34)20-33(39(4,36)37)25-14-16-26(38-3)17-15-25/h5-17,21,27H,18-20H2,1-4H3,(H,31,35). The monoisotopic (exact) mass is 571 g/mol. The molecule has 0 radical (unpaired) electrons. The molecule has 0 aromatic heterocycles. The minimum Gasteiger partial charge on any atom is -0.497 e. The molecule has 1 atom stereocenters. The van der Waals surface area contributed by atoms with Crippen LogP contribution in [0, 0.1) is 0 Å². The number of nitrogens with one attached hydrogen (secondary N) is 1. The van der Waals surface area contributed by atoms with Crippen LogP contribution in [-0.4, -0.2) is 57.1 Å². The van der Waals surface area contributed by atoms with Gasteiger partial charge in [-0.15, -0.1) is 0 Å². The molecule has 1 unspecified atom stereocenters. The third kappa shape index (κ3) is 8.73. The summed E-state index contributed by atoms with van der Waals surface area (Å²) in [5.74, 6) is -0.297. The van der Waals surface area contributed by atoms with Crippen molar-refractivity contribution in [1.29, 1.82) is 0 Å². The van der Waals surface area contributed by atoms with E-state index >= 15 is 0 Å². The highest BCUT2D eigenvalue weighted by Gasteiger charge is 2.33. The minimum absolute atomic E-state index is 0.0826. The van der Waals surface area contributed by atoms with Crippen molar-refractivity contribution in [2.24, 2.45) is 0 Å². The Labute approximate surface area is 235 Å². The van der Waals surface area contributed by atoms with Crippen molar-refractivity contribution in [1.82, 2.24) is 10.2 Å². The molecule has 39 heavy (non-hydrogen) atoms. The number of hydrogen-bond acceptors (Lipinski definition) is 5.